The van der Waals surface area contributed by atoms with E-state index in [-0.39, 0.29) is 0 Å². The molecule has 3 nitrogen and oxygen atoms in total. The Morgan fingerprint density at radius 3 is 2.82 bits per heavy atom. The number of hydrogen-bond acceptors (Lipinski definition) is 3. The molecule has 0 bridgehead atoms. The zero-order valence-corrected chi connectivity index (χ0v) is 12.0. The molecule has 2 heterocycles. The van der Waals surface area contributed by atoms with Gasteiger partial charge in [0, 0.05) is 33.0 Å². The smallest absolute Gasteiger partial charge is 0.142 e. The molecule has 1 aromatic heterocycles. The SMILES string of the molecule is Cc1cnc(N(C)CC2CCOCC2)c(Br)c1. The molecule has 0 radical (unpaired) electrons. The fraction of sp³-hybridized carbons (Fsp3) is 0.615. The number of anilines is 1. The number of hydrogen-bond donors (Lipinski definition) is 0. The van der Waals surface area contributed by atoms with Crippen LogP contribution in [0.5, 0.6) is 0 Å². The Bertz CT molecular complexity index is 378. The van der Waals surface area contributed by atoms with Gasteiger partial charge in [-0.15, -0.1) is 0 Å². The minimum Gasteiger partial charge on any atom is -0.381 e. The summed E-state index contributed by atoms with van der Waals surface area (Å²) in [6.07, 6.45) is 4.24. The summed E-state index contributed by atoms with van der Waals surface area (Å²) in [4.78, 5) is 6.73. The van der Waals surface area contributed by atoms with Crippen molar-refractivity contribution in [1.82, 2.24) is 4.98 Å². The number of ether oxygens (including phenoxy) is 1. The molecule has 17 heavy (non-hydrogen) atoms. The minimum atomic E-state index is 0.726. The van der Waals surface area contributed by atoms with Crippen molar-refractivity contribution in [3.8, 4) is 0 Å². The van der Waals surface area contributed by atoms with Crippen molar-refractivity contribution in [2.75, 3.05) is 31.7 Å². The van der Waals surface area contributed by atoms with E-state index >= 15 is 0 Å². The molecule has 0 atom stereocenters. The molecule has 1 aliphatic rings. The Balaban J connectivity index is 2.00. The highest BCUT2D eigenvalue weighted by Gasteiger charge is 2.17. The summed E-state index contributed by atoms with van der Waals surface area (Å²) < 4.78 is 6.46. The first kappa shape index (κ1) is 12.8. The van der Waals surface area contributed by atoms with Crippen LogP contribution in [0.15, 0.2) is 16.7 Å². The molecule has 0 N–H and O–H groups in total. The molecule has 1 saturated heterocycles. The lowest BCUT2D eigenvalue weighted by Crippen LogP contribution is -2.30. The van der Waals surface area contributed by atoms with Crippen molar-refractivity contribution in [2.45, 2.75) is 19.8 Å². The predicted molar refractivity (Wildman–Crippen MR) is 73.5 cm³/mol. The summed E-state index contributed by atoms with van der Waals surface area (Å²) in [7, 11) is 2.11. The highest BCUT2D eigenvalue weighted by molar-refractivity contribution is 9.10. The van der Waals surface area contributed by atoms with E-state index in [1.165, 1.54) is 5.56 Å². The summed E-state index contributed by atoms with van der Waals surface area (Å²) in [6.45, 7) is 4.92. The standard InChI is InChI=1S/C13H19BrN2O/c1-10-7-12(14)13(15-8-10)16(2)9-11-3-5-17-6-4-11/h7-8,11H,3-6,9H2,1-2H3. The topological polar surface area (TPSA) is 25.4 Å². The van der Waals surface area contributed by atoms with Gasteiger partial charge in [-0.1, -0.05) is 0 Å². The fourth-order valence-electron chi connectivity index (χ4n) is 2.21. The maximum atomic E-state index is 5.38. The molecule has 0 amide bonds. The Morgan fingerprint density at radius 1 is 1.47 bits per heavy atom. The van der Waals surface area contributed by atoms with E-state index in [4.69, 9.17) is 4.74 Å². The monoisotopic (exact) mass is 298 g/mol. The lowest BCUT2D eigenvalue weighted by atomic mass is 10.00. The van der Waals surface area contributed by atoms with Gasteiger partial charge in [-0.05, 0) is 53.2 Å². The quantitative estimate of drug-likeness (QED) is 0.858. The second-order valence-corrected chi connectivity index (χ2v) is 5.61. The minimum absolute atomic E-state index is 0.726. The molecule has 1 fully saturated rings. The lowest BCUT2D eigenvalue weighted by molar-refractivity contribution is 0.0685. The van der Waals surface area contributed by atoms with E-state index in [1.807, 2.05) is 6.20 Å². The number of aryl methyl sites for hydroxylation is 1. The first-order valence-corrected chi connectivity index (χ1v) is 6.87. The molecular formula is C13H19BrN2O. The van der Waals surface area contributed by atoms with E-state index < -0.39 is 0 Å². The number of rotatable bonds is 3. The third-order valence-electron chi connectivity index (χ3n) is 3.19. The van der Waals surface area contributed by atoms with E-state index in [9.17, 15) is 0 Å². The van der Waals surface area contributed by atoms with Crippen LogP contribution < -0.4 is 4.90 Å². The molecule has 2 rings (SSSR count). The second-order valence-electron chi connectivity index (χ2n) is 4.75. The fourth-order valence-corrected chi connectivity index (χ4v) is 2.98. The van der Waals surface area contributed by atoms with Gasteiger partial charge in [0.2, 0.25) is 0 Å². The van der Waals surface area contributed by atoms with Crippen molar-refractivity contribution >= 4 is 21.7 Å². The van der Waals surface area contributed by atoms with Gasteiger partial charge >= 0.3 is 0 Å². The van der Waals surface area contributed by atoms with E-state index in [0.717, 1.165) is 48.8 Å². The largest absolute Gasteiger partial charge is 0.381 e. The van der Waals surface area contributed by atoms with Crippen LogP contribution in [0, 0.1) is 12.8 Å². The van der Waals surface area contributed by atoms with Crippen LogP contribution in [0.25, 0.3) is 0 Å². The van der Waals surface area contributed by atoms with Crippen molar-refractivity contribution in [2.24, 2.45) is 5.92 Å². The van der Waals surface area contributed by atoms with Crippen molar-refractivity contribution in [1.29, 1.82) is 0 Å². The number of nitrogens with zero attached hydrogens (tertiary/aromatic N) is 2. The first-order chi connectivity index (χ1) is 8.16. The van der Waals surface area contributed by atoms with Gasteiger partial charge in [-0.25, -0.2) is 4.98 Å². The average molecular weight is 299 g/mol. The van der Waals surface area contributed by atoms with Crippen LogP contribution in [0.1, 0.15) is 18.4 Å². The maximum absolute atomic E-state index is 5.38. The molecule has 1 aromatic rings. The van der Waals surface area contributed by atoms with E-state index in [0.29, 0.717) is 0 Å². The number of aromatic nitrogens is 1. The Morgan fingerprint density at radius 2 is 2.18 bits per heavy atom. The van der Waals surface area contributed by atoms with Crippen LogP contribution >= 0.6 is 15.9 Å². The van der Waals surface area contributed by atoms with Crippen LogP contribution in [0.2, 0.25) is 0 Å². The molecule has 0 aliphatic carbocycles. The van der Waals surface area contributed by atoms with Gasteiger partial charge in [0.15, 0.2) is 0 Å². The summed E-state index contributed by atoms with van der Waals surface area (Å²) in [5.74, 6) is 1.76. The van der Waals surface area contributed by atoms with Gasteiger partial charge in [-0.3, -0.25) is 0 Å². The Kier molecular flexibility index (Phi) is 4.40. The lowest BCUT2D eigenvalue weighted by Gasteiger charge is -2.28. The van der Waals surface area contributed by atoms with E-state index in [1.54, 1.807) is 0 Å². The number of pyridine rings is 1. The average Bonchev–Trinajstić information content (AvgIpc) is 2.30. The molecule has 94 valence electrons. The number of halogens is 1. The van der Waals surface area contributed by atoms with Gasteiger partial charge in [0.05, 0.1) is 4.47 Å². The molecule has 0 spiro atoms. The molecular weight excluding hydrogens is 280 g/mol. The third-order valence-corrected chi connectivity index (χ3v) is 3.78. The van der Waals surface area contributed by atoms with Crippen LogP contribution in [-0.4, -0.2) is 31.8 Å². The Hall–Kier alpha value is -0.610. The van der Waals surface area contributed by atoms with Gasteiger partial charge in [0.1, 0.15) is 5.82 Å². The summed E-state index contributed by atoms with van der Waals surface area (Å²) in [5, 5.41) is 0. The van der Waals surface area contributed by atoms with Crippen molar-refractivity contribution < 1.29 is 4.74 Å². The summed E-state index contributed by atoms with van der Waals surface area (Å²) in [6, 6.07) is 2.11. The predicted octanol–water partition coefficient (Wildman–Crippen LogP) is 3.02. The molecule has 0 saturated carbocycles. The molecule has 1 aliphatic heterocycles. The first-order valence-electron chi connectivity index (χ1n) is 6.08. The van der Waals surface area contributed by atoms with Crippen LogP contribution in [0.4, 0.5) is 5.82 Å². The second kappa shape index (κ2) is 5.83. The van der Waals surface area contributed by atoms with Crippen LogP contribution in [0.3, 0.4) is 0 Å². The van der Waals surface area contributed by atoms with Gasteiger partial charge < -0.3 is 9.64 Å². The van der Waals surface area contributed by atoms with Gasteiger partial charge in [0.25, 0.3) is 0 Å². The van der Waals surface area contributed by atoms with Crippen molar-refractivity contribution in [3.05, 3.63) is 22.3 Å². The highest BCUT2D eigenvalue weighted by Crippen LogP contribution is 2.25. The maximum Gasteiger partial charge on any atom is 0.142 e. The molecule has 0 aromatic carbocycles. The Labute approximate surface area is 111 Å². The van der Waals surface area contributed by atoms with Gasteiger partial charge in [-0.2, -0.15) is 0 Å². The zero-order valence-electron chi connectivity index (χ0n) is 10.4. The zero-order chi connectivity index (χ0) is 12.3. The van der Waals surface area contributed by atoms with Crippen LogP contribution in [-0.2, 0) is 4.74 Å². The molecule has 4 heteroatoms. The summed E-state index contributed by atoms with van der Waals surface area (Å²) in [5.41, 5.74) is 1.18. The summed E-state index contributed by atoms with van der Waals surface area (Å²) >= 11 is 3.58. The third kappa shape index (κ3) is 3.42. The van der Waals surface area contributed by atoms with E-state index in [2.05, 4.69) is 45.9 Å². The highest BCUT2D eigenvalue weighted by atomic mass is 79.9. The van der Waals surface area contributed by atoms with Crippen molar-refractivity contribution in [3.63, 3.8) is 0 Å². The molecule has 0 unspecified atom stereocenters. The normalized spacial score (nSPS) is 17.1.